The highest BCUT2D eigenvalue weighted by Crippen LogP contribution is 2.23. The molecule has 0 saturated carbocycles. The van der Waals surface area contributed by atoms with E-state index in [0.29, 0.717) is 0 Å². The second-order valence-corrected chi connectivity index (χ2v) is 4.01. The molecule has 1 heteroatoms. The van der Waals surface area contributed by atoms with Crippen LogP contribution in [-0.4, -0.2) is 4.98 Å². The maximum atomic E-state index is 4.29. The minimum absolute atomic E-state index is 1.07. The van der Waals surface area contributed by atoms with Crippen molar-refractivity contribution in [3.05, 3.63) is 53.3 Å². The number of nitrogens with zero attached hydrogens (tertiary/aromatic N) is 1. The first-order chi connectivity index (χ1) is 7.16. The van der Waals surface area contributed by atoms with E-state index in [0.717, 1.165) is 5.69 Å². The molecule has 0 aliphatic heterocycles. The van der Waals surface area contributed by atoms with E-state index in [4.69, 9.17) is 0 Å². The molecule has 2 aromatic rings. The third-order valence-corrected chi connectivity index (χ3v) is 2.57. The van der Waals surface area contributed by atoms with Crippen LogP contribution in [0.5, 0.6) is 0 Å². The van der Waals surface area contributed by atoms with Crippen molar-refractivity contribution in [2.24, 2.45) is 0 Å². The Morgan fingerprint density at radius 1 is 1.00 bits per heavy atom. The SMILES string of the molecule is Cc1cccc(-c2cc(C)ncc2C)c1. The zero-order valence-electron chi connectivity index (χ0n) is 9.41. The molecule has 0 aliphatic carbocycles. The van der Waals surface area contributed by atoms with Crippen LogP contribution in [-0.2, 0) is 0 Å². The van der Waals surface area contributed by atoms with E-state index in [1.807, 2.05) is 13.1 Å². The monoisotopic (exact) mass is 197 g/mol. The van der Waals surface area contributed by atoms with Crippen molar-refractivity contribution in [1.82, 2.24) is 4.98 Å². The lowest BCUT2D eigenvalue weighted by atomic mass is 10.0. The molecule has 76 valence electrons. The van der Waals surface area contributed by atoms with Crippen LogP contribution in [0.25, 0.3) is 11.1 Å². The summed E-state index contributed by atoms with van der Waals surface area (Å²) in [5.41, 5.74) is 6.15. The second kappa shape index (κ2) is 3.85. The zero-order valence-corrected chi connectivity index (χ0v) is 9.41. The average Bonchev–Trinajstić information content (AvgIpc) is 2.22. The van der Waals surface area contributed by atoms with Gasteiger partial charge < -0.3 is 0 Å². The maximum Gasteiger partial charge on any atom is 0.0379 e. The molecule has 0 fully saturated rings. The highest BCUT2D eigenvalue weighted by Gasteiger charge is 2.02. The first-order valence-corrected chi connectivity index (χ1v) is 5.17. The van der Waals surface area contributed by atoms with E-state index in [1.54, 1.807) is 0 Å². The molecule has 15 heavy (non-hydrogen) atoms. The van der Waals surface area contributed by atoms with Crippen LogP contribution in [0.2, 0.25) is 0 Å². The summed E-state index contributed by atoms with van der Waals surface area (Å²) in [6, 6.07) is 10.7. The van der Waals surface area contributed by atoms with Crippen molar-refractivity contribution in [3.8, 4) is 11.1 Å². The zero-order chi connectivity index (χ0) is 10.8. The maximum absolute atomic E-state index is 4.29. The summed E-state index contributed by atoms with van der Waals surface area (Å²) < 4.78 is 0. The number of rotatable bonds is 1. The van der Waals surface area contributed by atoms with E-state index >= 15 is 0 Å². The molecule has 0 N–H and O–H groups in total. The molecule has 0 amide bonds. The smallest absolute Gasteiger partial charge is 0.0379 e. The molecule has 0 spiro atoms. The predicted octanol–water partition coefficient (Wildman–Crippen LogP) is 3.67. The Balaban J connectivity index is 2.58. The lowest BCUT2D eigenvalue weighted by Gasteiger charge is -2.07. The van der Waals surface area contributed by atoms with Crippen molar-refractivity contribution >= 4 is 0 Å². The van der Waals surface area contributed by atoms with Gasteiger partial charge in [-0.1, -0.05) is 29.8 Å². The van der Waals surface area contributed by atoms with Gasteiger partial charge in [-0.15, -0.1) is 0 Å². The highest BCUT2D eigenvalue weighted by atomic mass is 14.7. The molecule has 0 saturated heterocycles. The lowest BCUT2D eigenvalue weighted by Crippen LogP contribution is -1.88. The number of pyridine rings is 1. The first-order valence-electron chi connectivity index (χ1n) is 5.17. The minimum atomic E-state index is 1.07. The summed E-state index contributed by atoms with van der Waals surface area (Å²) in [6.45, 7) is 6.25. The molecule has 1 aromatic carbocycles. The number of aromatic nitrogens is 1. The largest absolute Gasteiger partial charge is 0.261 e. The van der Waals surface area contributed by atoms with E-state index in [-0.39, 0.29) is 0 Å². The normalized spacial score (nSPS) is 10.3. The van der Waals surface area contributed by atoms with Crippen LogP contribution in [0.4, 0.5) is 0 Å². The molecule has 0 atom stereocenters. The lowest BCUT2D eigenvalue weighted by molar-refractivity contribution is 1.17. The number of aryl methyl sites for hydroxylation is 3. The van der Waals surface area contributed by atoms with Gasteiger partial charge in [-0.2, -0.15) is 0 Å². The average molecular weight is 197 g/mol. The van der Waals surface area contributed by atoms with E-state index in [2.05, 4.69) is 49.2 Å². The Labute approximate surface area is 90.8 Å². The van der Waals surface area contributed by atoms with E-state index in [1.165, 1.54) is 22.3 Å². The second-order valence-electron chi connectivity index (χ2n) is 4.01. The fraction of sp³-hybridized carbons (Fsp3) is 0.214. The van der Waals surface area contributed by atoms with Gasteiger partial charge in [0.05, 0.1) is 0 Å². The predicted molar refractivity (Wildman–Crippen MR) is 63.9 cm³/mol. The molecule has 1 nitrogen and oxygen atoms in total. The van der Waals surface area contributed by atoms with Crippen molar-refractivity contribution in [2.45, 2.75) is 20.8 Å². The van der Waals surface area contributed by atoms with Crippen molar-refractivity contribution in [2.75, 3.05) is 0 Å². The van der Waals surface area contributed by atoms with Gasteiger partial charge in [0, 0.05) is 11.9 Å². The summed E-state index contributed by atoms with van der Waals surface area (Å²) in [5.74, 6) is 0. The van der Waals surface area contributed by atoms with Crippen molar-refractivity contribution < 1.29 is 0 Å². The molecule has 0 bridgehead atoms. The van der Waals surface area contributed by atoms with Gasteiger partial charge in [0.1, 0.15) is 0 Å². The number of benzene rings is 1. The molecule has 0 aliphatic rings. The minimum Gasteiger partial charge on any atom is -0.261 e. The molecule has 1 heterocycles. The van der Waals surface area contributed by atoms with Gasteiger partial charge >= 0.3 is 0 Å². The topological polar surface area (TPSA) is 12.9 Å². The Hall–Kier alpha value is -1.63. The number of hydrogen-bond acceptors (Lipinski definition) is 1. The fourth-order valence-corrected chi connectivity index (χ4v) is 1.75. The molecule has 2 rings (SSSR count). The highest BCUT2D eigenvalue weighted by molar-refractivity contribution is 5.67. The van der Waals surface area contributed by atoms with Crippen LogP contribution in [0.15, 0.2) is 36.5 Å². The van der Waals surface area contributed by atoms with Crippen LogP contribution in [0.1, 0.15) is 16.8 Å². The van der Waals surface area contributed by atoms with Gasteiger partial charge in [0.2, 0.25) is 0 Å². The summed E-state index contributed by atoms with van der Waals surface area (Å²) in [4.78, 5) is 4.29. The van der Waals surface area contributed by atoms with Crippen molar-refractivity contribution in [1.29, 1.82) is 0 Å². The Morgan fingerprint density at radius 2 is 1.80 bits per heavy atom. The van der Waals surface area contributed by atoms with Crippen molar-refractivity contribution in [3.63, 3.8) is 0 Å². The standard InChI is InChI=1S/C14H15N/c1-10-5-4-6-13(7-10)14-8-12(3)15-9-11(14)2/h4-9H,1-3H3. The molecule has 0 radical (unpaired) electrons. The van der Waals surface area contributed by atoms with E-state index < -0.39 is 0 Å². The molecule has 1 aromatic heterocycles. The first kappa shape index (κ1) is 9.91. The Morgan fingerprint density at radius 3 is 2.53 bits per heavy atom. The van der Waals surface area contributed by atoms with Gasteiger partial charge in [0.15, 0.2) is 0 Å². The van der Waals surface area contributed by atoms with Gasteiger partial charge in [-0.25, -0.2) is 0 Å². The number of hydrogen-bond donors (Lipinski definition) is 0. The Bertz CT molecular complexity index is 486. The molecular formula is C14H15N. The summed E-state index contributed by atoms with van der Waals surface area (Å²) in [6.07, 6.45) is 1.94. The van der Waals surface area contributed by atoms with Gasteiger partial charge in [-0.3, -0.25) is 4.98 Å². The molecular weight excluding hydrogens is 182 g/mol. The van der Waals surface area contributed by atoms with Crippen LogP contribution in [0, 0.1) is 20.8 Å². The van der Waals surface area contributed by atoms with Crippen LogP contribution < -0.4 is 0 Å². The Kier molecular flexibility index (Phi) is 2.55. The summed E-state index contributed by atoms with van der Waals surface area (Å²) in [7, 11) is 0. The third-order valence-electron chi connectivity index (χ3n) is 2.57. The van der Waals surface area contributed by atoms with E-state index in [9.17, 15) is 0 Å². The van der Waals surface area contributed by atoms with Crippen LogP contribution in [0.3, 0.4) is 0 Å². The quantitative estimate of drug-likeness (QED) is 0.679. The van der Waals surface area contributed by atoms with Gasteiger partial charge in [0.25, 0.3) is 0 Å². The third kappa shape index (κ3) is 2.07. The fourth-order valence-electron chi connectivity index (χ4n) is 1.75. The van der Waals surface area contributed by atoms with Crippen LogP contribution >= 0.6 is 0 Å². The molecule has 0 unspecified atom stereocenters. The summed E-state index contributed by atoms with van der Waals surface area (Å²) >= 11 is 0. The summed E-state index contributed by atoms with van der Waals surface area (Å²) in [5, 5.41) is 0. The van der Waals surface area contributed by atoms with Gasteiger partial charge in [-0.05, 0) is 43.5 Å².